The molecular formula is C19H21ClN2O. The molecule has 0 saturated heterocycles. The van der Waals surface area contributed by atoms with Gasteiger partial charge in [-0.25, -0.2) is 0 Å². The number of benzene rings is 2. The van der Waals surface area contributed by atoms with Gasteiger partial charge in [0.15, 0.2) is 0 Å². The summed E-state index contributed by atoms with van der Waals surface area (Å²) in [4.78, 5) is 3.32. The predicted molar refractivity (Wildman–Crippen MR) is 96.4 cm³/mol. The summed E-state index contributed by atoms with van der Waals surface area (Å²) < 4.78 is 5.49. The summed E-state index contributed by atoms with van der Waals surface area (Å²) in [6.45, 7) is 3.15. The lowest BCUT2D eigenvalue weighted by atomic mass is 9.92. The number of fused-ring (bicyclic) bond motifs is 1. The Morgan fingerprint density at radius 2 is 2.04 bits per heavy atom. The molecule has 0 bridgehead atoms. The summed E-state index contributed by atoms with van der Waals surface area (Å²) in [5.74, 6) is 0.981. The zero-order valence-corrected chi connectivity index (χ0v) is 13.9. The number of hydrogen-bond acceptors (Lipinski definition) is 2. The molecule has 0 saturated carbocycles. The summed E-state index contributed by atoms with van der Waals surface area (Å²) in [6, 6.07) is 14.3. The summed E-state index contributed by atoms with van der Waals surface area (Å²) in [5, 5.41) is 1.89. The monoisotopic (exact) mass is 328 g/mol. The fraction of sp³-hybridized carbons (Fsp3) is 0.263. The standard InChI is InChI=1S/C19H21ClN2O/c1-2-23-19-8-7-13(10-17(19)20)9-14(11-21)16-12-22-18-6-4-3-5-15(16)18/h3-8,10,12,14,22H,2,9,11,21H2,1H3. The van der Waals surface area contributed by atoms with Gasteiger partial charge in [-0.3, -0.25) is 0 Å². The van der Waals surface area contributed by atoms with Gasteiger partial charge in [0.2, 0.25) is 0 Å². The van der Waals surface area contributed by atoms with Crippen molar-refractivity contribution >= 4 is 22.5 Å². The zero-order valence-electron chi connectivity index (χ0n) is 13.2. The number of nitrogens with one attached hydrogen (secondary N) is 1. The van der Waals surface area contributed by atoms with Crippen molar-refractivity contribution in [2.24, 2.45) is 5.73 Å². The van der Waals surface area contributed by atoms with Gasteiger partial charge in [-0.05, 0) is 49.2 Å². The Labute approximate surface area is 141 Å². The van der Waals surface area contributed by atoms with Gasteiger partial charge in [0, 0.05) is 23.0 Å². The highest BCUT2D eigenvalue weighted by atomic mass is 35.5. The van der Waals surface area contributed by atoms with Crippen LogP contribution in [-0.4, -0.2) is 18.1 Å². The third-order valence-corrected chi connectivity index (χ3v) is 4.42. The van der Waals surface area contributed by atoms with E-state index in [1.807, 2.05) is 25.1 Å². The van der Waals surface area contributed by atoms with E-state index in [2.05, 4.69) is 35.4 Å². The smallest absolute Gasteiger partial charge is 0.137 e. The Hall–Kier alpha value is -1.97. The van der Waals surface area contributed by atoms with Crippen molar-refractivity contribution < 1.29 is 4.74 Å². The summed E-state index contributed by atoms with van der Waals surface area (Å²) in [7, 11) is 0. The van der Waals surface area contributed by atoms with Crippen LogP contribution in [0, 0.1) is 0 Å². The van der Waals surface area contributed by atoms with E-state index in [1.54, 1.807) is 0 Å². The second kappa shape index (κ2) is 7.07. The van der Waals surface area contributed by atoms with Crippen LogP contribution < -0.4 is 10.5 Å². The lowest BCUT2D eigenvalue weighted by Crippen LogP contribution is -2.14. The molecular weight excluding hydrogens is 308 g/mol. The first-order valence-corrected chi connectivity index (χ1v) is 8.28. The van der Waals surface area contributed by atoms with Gasteiger partial charge >= 0.3 is 0 Å². The van der Waals surface area contributed by atoms with Gasteiger partial charge < -0.3 is 15.5 Å². The molecule has 0 amide bonds. The summed E-state index contributed by atoms with van der Waals surface area (Å²) in [6.07, 6.45) is 2.92. The van der Waals surface area contributed by atoms with Crippen molar-refractivity contribution in [1.82, 2.24) is 4.98 Å². The highest BCUT2D eigenvalue weighted by Gasteiger charge is 2.16. The molecule has 3 aromatic rings. The van der Waals surface area contributed by atoms with Gasteiger partial charge in [-0.2, -0.15) is 0 Å². The second-order valence-electron chi connectivity index (χ2n) is 5.62. The lowest BCUT2D eigenvalue weighted by molar-refractivity contribution is 0.340. The van der Waals surface area contributed by atoms with Crippen LogP contribution in [0.5, 0.6) is 5.75 Å². The Bertz CT molecular complexity index is 797. The molecule has 1 heterocycles. The molecule has 3 nitrogen and oxygen atoms in total. The quantitative estimate of drug-likeness (QED) is 0.699. The van der Waals surface area contributed by atoms with E-state index in [-0.39, 0.29) is 5.92 Å². The average Bonchev–Trinajstić information content (AvgIpc) is 2.99. The Balaban J connectivity index is 1.86. The number of aromatic nitrogens is 1. The highest BCUT2D eigenvalue weighted by Crippen LogP contribution is 2.30. The maximum absolute atomic E-state index is 6.29. The van der Waals surface area contributed by atoms with E-state index in [4.69, 9.17) is 22.1 Å². The molecule has 4 heteroatoms. The molecule has 1 aromatic heterocycles. The minimum absolute atomic E-state index is 0.250. The van der Waals surface area contributed by atoms with Gasteiger partial charge in [-0.1, -0.05) is 35.9 Å². The number of aromatic amines is 1. The average molecular weight is 329 g/mol. The molecule has 3 N–H and O–H groups in total. The molecule has 120 valence electrons. The maximum atomic E-state index is 6.29. The zero-order chi connectivity index (χ0) is 16.2. The van der Waals surface area contributed by atoms with Crippen LogP contribution in [-0.2, 0) is 6.42 Å². The molecule has 1 unspecified atom stereocenters. The van der Waals surface area contributed by atoms with E-state index < -0.39 is 0 Å². The normalized spacial score (nSPS) is 12.5. The SMILES string of the molecule is CCOc1ccc(CC(CN)c2c[nH]c3ccccc23)cc1Cl. The fourth-order valence-corrected chi connectivity index (χ4v) is 3.24. The third-order valence-electron chi connectivity index (χ3n) is 4.12. The maximum Gasteiger partial charge on any atom is 0.137 e. The van der Waals surface area contributed by atoms with Gasteiger partial charge in [0.25, 0.3) is 0 Å². The van der Waals surface area contributed by atoms with E-state index >= 15 is 0 Å². The van der Waals surface area contributed by atoms with E-state index in [1.165, 1.54) is 16.5 Å². The second-order valence-corrected chi connectivity index (χ2v) is 6.03. The number of nitrogens with two attached hydrogens (primary N) is 1. The first-order chi connectivity index (χ1) is 11.2. The number of H-pyrrole nitrogens is 1. The molecule has 3 rings (SSSR count). The van der Waals surface area contributed by atoms with E-state index in [9.17, 15) is 0 Å². The minimum atomic E-state index is 0.250. The molecule has 23 heavy (non-hydrogen) atoms. The van der Waals surface area contributed by atoms with Crippen LogP contribution >= 0.6 is 11.6 Å². The Morgan fingerprint density at radius 3 is 2.78 bits per heavy atom. The van der Waals surface area contributed by atoms with Crippen molar-refractivity contribution in [2.75, 3.05) is 13.2 Å². The number of para-hydroxylation sites is 1. The van der Waals surface area contributed by atoms with Crippen LogP contribution in [0.25, 0.3) is 10.9 Å². The van der Waals surface area contributed by atoms with Crippen LogP contribution in [0.3, 0.4) is 0 Å². The molecule has 0 radical (unpaired) electrons. The predicted octanol–water partition coefficient (Wildman–Crippen LogP) is 4.51. The minimum Gasteiger partial charge on any atom is -0.492 e. The van der Waals surface area contributed by atoms with Gasteiger partial charge in [0.05, 0.1) is 11.6 Å². The molecule has 0 aliphatic heterocycles. The van der Waals surface area contributed by atoms with Crippen LogP contribution in [0.1, 0.15) is 24.0 Å². The molecule has 0 aliphatic carbocycles. The Kier molecular flexibility index (Phi) is 4.89. The van der Waals surface area contributed by atoms with Crippen LogP contribution in [0.2, 0.25) is 5.02 Å². The molecule has 2 aromatic carbocycles. The number of halogens is 1. The fourth-order valence-electron chi connectivity index (χ4n) is 2.98. The van der Waals surface area contributed by atoms with Crippen molar-refractivity contribution in [3.8, 4) is 5.75 Å². The third kappa shape index (κ3) is 3.36. The molecule has 0 fully saturated rings. The topological polar surface area (TPSA) is 51.0 Å². The van der Waals surface area contributed by atoms with Crippen molar-refractivity contribution in [2.45, 2.75) is 19.3 Å². The van der Waals surface area contributed by atoms with Gasteiger partial charge in [-0.15, -0.1) is 0 Å². The summed E-state index contributed by atoms with van der Waals surface area (Å²) >= 11 is 6.29. The first-order valence-electron chi connectivity index (χ1n) is 7.90. The number of hydrogen-bond donors (Lipinski definition) is 2. The molecule has 0 aliphatic rings. The van der Waals surface area contributed by atoms with Crippen molar-refractivity contribution in [3.05, 3.63) is 64.8 Å². The number of ether oxygens (including phenoxy) is 1. The van der Waals surface area contributed by atoms with Crippen molar-refractivity contribution in [3.63, 3.8) is 0 Å². The summed E-state index contributed by atoms with van der Waals surface area (Å²) in [5.41, 5.74) is 9.61. The van der Waals surface area contributed by atoms with Crippen molar-refractivity contribution in [1.29, 1.82) is 0 Å². The van der Waals surface area contributed by atoms with Crippen LogP contribution in [0.4, 0.5) is 0 Å². The number of rotatable bonds is 6. The van der Waals surface area contributed by atoms with Crippen LogP contribution in [0.15, 0.2) is 48.7 Å². The highest BCUT2D eigenvalue weighted by molar-refractivity contribution is 6.32. The van der Waals surface area contributed by atoms with Gasteiger partial charge in [0.1, 0.15) is 5.75 Å². The molecule has 1 atom stereocenters. The largest absolute Gasteiger partial charge is 0.492 e. The molecule has 0 spiro atoms. The van der Waals surface area contributed by atoms with E-state index in [0.717, 1.165) is 17.7 Å². The van der Waals surface area contributed by atoms with E-state index in [0.29, 0.717) is 18.2 Å². The Morgan fingerprint density at radius 1 is 1.22 bits per heavy atom. The lowest BCUT2D eigenvalue weighted by Gasteiger charge is -2.15. The first kappa shape index (κ1) is 15.9.